The fraction of sp³-hybridized carbons (Fsp3) is 1.00. The third-order valence-corrected chi connectivity index (χ3v) is 3.86. The standard InChI is InChI=1S/C15H32N2O2/c1-4-8-16-15(2,13-18)7-9-17(3)10-11-19-12-14-5-6-14/h14,16,18H,4-13H2,1-3H3. The van der Waals surface area contributed by atoms with Crippen LogP contribution >= 0.6 is 0 Å². The maximum absolute atomic E-state index is 9.50. The lowest BCUT2D eigenvalue weighted by Gasteiger charge is -2.31. The molecule has 1 rings (SSSR count). The van der Waals surface area contributed by atoms with Gasteiger partial charge in [0.2, 0.25) is 0 Å². The third kappa shape index (κ3) is 7.88. The Labute approximate surface area is 118 Å². The minimum atomic E-state index is -0.154. The van der Waals surface area contributed by atoms with Crippen molar-refractivity contribution in [3.8, 4) is 0 Å². The van der Waals surface area contributed by atoms with Gasteiger partial charge in [0.1, 0.15) is 0 Å². The molecule has 2 N–H and O–H groups in total. The Morgan fingerprint density at radius 1 is 1.37 bits per heavy atom. The van der Waals surface area contributed by atoms with E-state index in [-0.39, 0.29) is 12.1 Å². The van der Waals surface area contributed by atoms with Gasteiger partial charge in [0.25, 0.3) is 0 Å². The largest absolute Gasteiger partial charge is 0.394 e. The number of rotatable bonds is 12. The molecule has 4 heteroatoms. The number of ether oxygens (including phenoxy) is 1. The highest BCUT2D eigenvalue weighted by Crippen LogP contribution is 2.28. The highest BCUT2D eigenvalue weighted by molar-refractivity contribution is 4.83. The predicted octanol–water partition coefficient (Wildman–Crippen LogP) is 1.49. The molecule has 0 heterocycles. The van der Waals surface area contributed by atoms with E-state index < -0.39 is 0 Å². The zero-order valence-corrected chi connectivity index (χ0v) is 13.0. The molecule has 0 radical (unpaired) electrons. The summed E-state index contributed by atoms with van der Waals surface area (Å²) < 4.78 is 5.64. The number of aliphatic hydroxyl groups is 1. The van der Waals surface area contributed by atoms with Gasteiger partial charge >= 0.3 is 0 Å². The first kappa shape index (κ1) is 16.9. The number of nitrogens with one attached hydrogen (secondary N) is 1. The Balaban J connectivity index is 2.06. The Morgan fingerprint density at radius 2 is 2.11 bits per heavy atom. The second-order valence-corrected chi connectivity index (χ2v) is 6.22. The van der Waals surface area contributed by atoms with Crippen molar-refractivity contribution in [1.82, 2.24) is 10.2 Å². The van der Waals surface area contributed by atoms with Gasteiger partial charge in [-0.05, 0) is 58.7 Å². The topological polar surface area (TPSA) is 44.7 Å². The van der Waals surface area contributed by atoms with Crippen LogP contribution in [0.15, 0.2) is 0 Å². The molecular weight excluding hydrogens is 240 g/mol. The van der Waals surface area contributed by atoms with Crippen LogP contribution in [0.2, 0.25) is 0 Å². The average molecular weight is 272 g/mol. The van der Waals surface area contributed by atoms with Crippen molar-refractivity contribution in [3.63, 3.8) is 0 Å². The molecule has 1 atom stereocenters. The first-order valence-electron chi connectivity index (χ1n) is 7.72. The molecule has 19 heavy (non-hydrogen) atoms. The summed E-state index contributed by atoms with van der Waals surface area (Å²) in [6, 6.07) is 0. The SMILES string of the molecule is CCCNC(C)(CO)CCN(C)CCOCC1CC1. The molecule has 0 bridgehead atoms. The lowest BCUT2D eigenvalue weighted by atomic mass is 9.98. The third-order valence-electron chi connectivity index (χ3n) is 3.86. The molecule has 1 saturated carbocycles. The lowest BCUT2D eigenvalue weighted by Crippen LogP contribution is -2.48. The Bertz CT molecular complexity index is 234. The van der Waals surface area contributed by atoms with Gasteiger partial charge in [-0.1, -0.05) is 6.92 Å². The van der Waals surface area contributed by atoms with E-state index in [0.29, 0.717) is 0 Å². The molecule has 1 unspecified atom stereocenters. The van der Waals surface area contributed by atoms with Crippen LogP contribution in [0.3, 0.4) is 0 Å². The summed E-state index contributed by atoms with van der Waals surface area (Å²) in [5.74, 6) is 0.848. The summed E-state index contributed by atoms with van der Waals surface area (Å²) >= 11 is 0. The molecule has 0 amide bonds. The maximum Gasteiger partial charge on any atom is 0.0611 e. The van der Waals surface area contributed by atoms with Crippen molar-refractivity contribution in [1.29, 1.82) is 0 Å². The minimum Gasteiger partial charge on any atom is -0.394 e. The van der Waals surface area contributed by atoms with Crippen LogP contribution in [0.25, 0.3) is 0 Å². The van der Waals surface area contributed by atoms with Crippen LogP contribution in [-0.4, -0.2) is 62.0 Å². The molecule has 1 fully saturated rings. The van der Waals surface area contributed by atoms with Crippen LogP contribution in [0.5, 0.6) is 0 Å². The molecule has 4 nitrogen and oxygen atoms in total. The molecule has 1 aliphatic carbocycles. The number of hydrogen-bond acceptors (Lipinski definition) is 4. The van der Waals surface area contributed by atoms with E-state index in [4.69, 9.17) is 4.74 Å². The average Bonchev–Trinajstić information content (AvgIpc) is 3.23. The van der Waals surface area contributed by atoms with Crippen molar-refractivity contribution in [2.45, 2.75) is 45.1 Å². The highest BCUT2D eigenvalue weighted by atomic mass is 16.5. The van der Waals surface area contributed by atoms with E-state index in [2.05, 4.69) is 31.1 Å². The second kappa shape index (κ2) is 8.90. The van der Waals surface area contributed by atoms with E-state index >= 15 is 0 Å². The van der Waals surface area contributed by atoms with Gasteiger partial charge in [0.15, 0.2) is 0 Å². The second-order valence-electron chi connectivity index (χ2n) is 6.22. The van der Waals surface area contributed by atoms with Gasteiger partial charge in [-0.15, -0.1) is 0 Å². The number of aliphatic hydroxyl groups excluding tert-OH is 1. The first-order valence-corrected chi connectivity index (χ1v) is 7.72. The molecule has 0 spiro atoms. The lowest BCUT2D eigenvalue weighted by molar-refractivity contribution is 0.0963. The number of likely N-dealkylation sites (N-methyl/N-ethyl adjacent to an activating group) is 1. The van der Waals surface area contributed by atoms with Crippen molar-refractivity contribution in [3.05, 3.63) is 0 Å². The Hall–Kier alpha value is -0.160. The van der Waals surface area contributed by atoms with Crippen molar-refractivity contribution in [2.75, 3.05) is 46.5 Å². The fourth-order valence-corrected chi connectivity index (χ4v) is 1.95. The van der Waals surface area contributed by atoms with Crippen molar-refractivity contribution < 1.29 is 9.84 Å². The summed E-state index contributed by atoms with van der Waals surface area (Å²) in [6.07, 6.45) is 4.77. The monoisotopic (exact) mass is 272 g/mol. The summed E-state index contributed by atoms with van der Waals surface area (Å²) in [5.41, 5.74) is -0.154. The fourth-order valence-electron chi connectivity index (χ4n) is 1.95. The molecule has 0 aromatic carbocycles. The molecule has 0 aromatic rings. The van der Waals surface area contributed by atoms with Crippen LogP contribution < -0.4 is 5.32 Å². The van der Waals surface area contributed by atoms with Gasteiger partial charge in [-0.2, -0.15) is 0 Å². The maximum atomic E-state index is 9.50. The number of hydrogen-bond donors (Lipinski definition) is 2. The van der Waals surface area contributed by atoms with Crippen LogP contribution in [0.4, 0.5) is 0 Å². The molecule has 0 aromatic heterocycles. The van der Waals surface area contributed by atoms with E-state index in [9.17, 15) is 5.11 Å². The zero-order chi connectivity index (χ0) is 14.1. The Morgan fingerprint density at radius 3 is 2.68 bits per heavy atom. The minimum absolute atomic E-state index is 0.154. The molecule has 1 aliphatic rings. The van der Waals surface area contributed by atoms with Gasteiger partial charge in [-0.3, -0.25) is 0 Å². The number of nitrogens with zero attached hydrogens (tertiary/aromatic N) is 1. The summed E-state index contributed by atoms with van der Waals surface area (Å²) in [6.45, 7) is 9.13. The smallest absolute Gasteiger partial charge is 0.0611 e. The molecule has 114 valence electrons. The quantitative estimate of drug-likeness (QED) is 0.528. The molecule has 0 saturated heterocycles. The van der Waals surface area contributed by atoms with Crippen LogP contribution in [-0.2, 0) is 4.74 Å². The van der Waals surface area contributed by atoms with E-state index in [1.54, 1.807) is 0 Å². The van der Waals surface area contributed by atoms with Gasteiger partial charge < -0.3 is 20.1 Å². The van der Waals surface area contributed by atoms with E-state index in [0.717, 1.165) is 51.6 Å². The molecular formula is C15H32N2O2. The highest BCUT2D eigenvalue weighted by Gasteiger charge is 2.23. The summed E-state index contributed by atoms with van der Waals surface area (Å²) in [7, 11) is 2.12. The predicted molar refractivity (Wildman–Crippen MR) is 79.4 cm³/mol. The van der Waals surface area contributed by atoms with Gasteiger partial charge in [0.05, 0.1) is 13.2 Å². The Kier molecular flexibility index (Phi) is 7.91. The van der Waals surface area contributed by atoms with Crippen LogP contribution in [0, 0.1) is 5.92 Å². The van der Waals surface area contributed by atoms with Crippen molar-refractivity contribution >= 4 is 0 Å². The molecule has 0 aliphatic heterocycles. The summed E-state index contributed by atoms with van der Waals surface area (Å²) in [5, 5.41) is 12.9. The van der Waals surface area contributed by atoms with E-state index in [1.165, 1.54) is 12.8 Å². The summed E-state index contributed by atoms with van der Waals surface area (Å²) in [4.78, 5) is 2.29. The first-order chi connectivity index (χ1) is 9.09. The van der Waals surface area contributed by atoms with Gasteiger partial charge in [0, 0.05) is 18.7 Å². The normalized spacial score (nSPS) is 18.8. The van der Waals surface area contributed by atoms with Crippen molar-refractivity contribution in [2.24, 2.45) is 5.92 Å². The van der Waals surface area contributed by atoms with Gasteiger partial charge in [-0.25, -0.2) is 0 Å². The van der Waals surface area contributed by atoms with Crippen LogP contribution in [0.1, 0.15) is 39.5 Å². The zero-order valence-electron chi connectivity index (χ0n) is 13.0. The van der Waals surface area contributed by atoms with E-state index in [1.807, 2.05) is 0 Å².